The molecule has 28 heavy (non-hydrogen) atoms. The number of anilines is 1. The lowest BCUT2D eigenvalue weighted by Gasteiger charge is -2.14. The molecule has 8 nitrogen and oxygen atoms in total. The van der Waals surface area contributed by atoms with Crippen LogP contribution in [0, 0.1) is 10.1 Å². The number of hydrogen-bond donors (Lipinski definition) is 1. The molecule has 0 aliphatic carbocycles. The molecule has 2 aromatic carbocycles. The fraction of sp³-hybridized carbons (Fsp3) is 0.250. The number of amides is 3. The molecule has 1 heterocycles. The maximum Gasteiger partial charge on any atom is 0.282 e. The standard InChI is InChI=1S/C20H19N3O5/c1-3-12(2)13-7-9-14(10-8-13)21-17(24)11-22-19(25)15-5-4-6-16(23(27)28)18(15)20(22)26/h4-10,12H,3,11H2,1-2H3,(H,21,24). The molecule has 144 valence electrons. The molecule has 1 unspecified atom stereocenters. The van der Waals surface area contributed by atoms with Crippen molar-refractivity contribution in [2.45, 2.75) is 26.2 Å². The van der Waals surface area contributed by atoms with Crippen LogP contribution in [0.15, 0.2) is 42.5 Å². The maximum atomic E-state index is 12.5. The van der Waals surface area contributed by atoms with Crippen LogP contribution < -0.4 is 5.32 Å². The second kappa shape index (κ2) is 7.59. The molecule has 3 amide bonds. The third-order valence-electron chi connectivity index (χ3n) is 4.85. The smallest absolute Gasteiger partial charge is 0.282 e. The Balaban J connectivity index is 1.73. The Morgan fingerprint density at radius 2 is 1.82 bits per heavy atom. The van der Waals surface area contributed by atoms with E-state index in [0.29, 0.717) is 11.6 Å². The topological polar surface area (TPSA) is 110 Å². The third kappa shape index (κ3) is 3.48. The van der Waals surface area contributed by atoms with Crippen molar-refractivity contribution in [1.82, 2.24) is 4.90 Å². The Labute approximate surface area is 161 Å². The van der Waals surface area contributed by atoms with E-state index in [1.165, 1.54) is 12.1 Å². The summed E-state index contributed by atoms with van der Waals surface area (Å²) in [6.45, 7) is 3.68. The summed E-state index contributed by atoms with van der Waals surface area (Å²) in [4.78, 5) is 48.4. The number of benzene rings is 2. The molecule has 1 aliphatic heterocycles. The fourth-order valence-electron chi connectivity index (χ4n) is 3.09. The Morgan fingerprint density at radius 1 is 1.14 bits per heavy atom. The molecular formula is C20H19N3O5. The van der Waals surface area contributed by atoms with Crippen molar-refractivity contribution in [2.24, 2.45) is 0 Å². The first-order chi connectivity index (χ1) is 13.3. The van der Waals surface area contributed by atoms with Crippen LogP contribution in [0.4, 0.5) is 11.4 Å². The van der Waals surface area contributed by atoms with Gasteiger partial charge in [0.1, 0.15) is 12.1 Å². The highest BCUT2D eigenvalue weighted by molar-refractivity contribution is 6.24. The minimum absolute atomic E-state index is 0.0649. The molecule has 0 radical (unpaired) electrons. The molecule has 0 bridgehead atoms. The lowest BCUT2D eigenvalue weighted by atomic mass is 9.99. The summed E-state index contributed by atoms with van der Waals surface area (Å²) in [5.74, 6) is -1.71. The van der Waals surface area contributed by atoms with Crippen molar-refractivity contribution in [2.75, 3.05) is 11.9 Å². The number of nitro benzene ring substituents is 1. The first kappa shape index (κ1) is 19.2. The number of fused-ring (bicyclic) bond motifs is 1. The number of nitrogens with zero attached hydrogens (tertiary/aromatic N) is 2. The van der Waals surface area contributed by atoms with Crippen LogP contribution in [0.1, 0.15) is 52.5 Å². The number of imide groups is 1. The van der Waals surface area contributed by atoms with E-state index in [0.717, 1.165) is 23.0 Å². The van der Waals surface area contributed by atoms with Crippen LogP contribution in [-0.2, 0) is 4.79 Å². The van der Waals surface area contributed by atoms with Gasteiger partial charge >= 0.3 is 0 Å². The predicted molar refractivity (Wildman–Crippen MR) is 102 cm³/mol. The van der Waals surface area contributed by atoms with E-state index in [1.807, 2.05) is 12.1 Å². The van der Waals surface area contributed by atoms with Crippen LogP contribution in [0.5, 0.6) is 0 Å². The lowest BCUT2D eigenvalue weighted by Crippen LogP contribution is -2.37. The van der Waals surface area contributed by atoms with Gasteiger partial charge in [-0.05, 0) is 36.1 Å². The normalized spacial score (nSPS) is 14.0. The number of hydrogen-bond acceptors (Lipinski definition) is 5. The van der Waals surface area contributed by atoms with Gasteiger partial charge in [-0.15, -0.1) is 0 Å². The predicted octanol–water partition coefficient (Wildman–Crippen LogP) is 3.34. The quantitative estimate of drug-likeness (QED) is 0.469. The highest BCUT2D eigenvalue weighted by atomic mass is 16.6. The average Bonchev–Trinajstić information content (AvgIpc) is 2.92. The summed E-state index contributed by atoms with van der Waals surface area (Å²) >= 11 is 0. The largest absolute Gasteiger partial charge is 0.325 e. The van der Waals surface area contributed by atoms with Crippen molar-refractivity contribution in [3.63, 3.8) is 0 Å². The number of nitro groups is 1. The molecule has 2 aromatic rings. The van der Waals surface area contributed by atoms with E-state index in [9.17, 15) is 24.5 Å². The van der Waals surface area contributed by atoms with Crippen molar-refractivity contribution in [1.29, 1.82) is 0 Å². The lowest BCUT2D eigenvalue weighted by molar-refractivity contribution is -0.385. The summed E-state index contributed by atoms with van der Waals surface area (Å²) in [6, 6.07) is 11.2. The molecule has 1 aliphatic rings. The third-order valence-corrected chi connectivity index (χ3v) is 4.85. The van der Waals surface area contributed by atoms with Crippen LogP contribution in [0.25, 0.3) is 0 Å². The van der Waals surface area contributed by atoms with E-state index in [2.05, 4.69) is 19.2 Å². The number of rotatable bonds is 6. The molecular weight excluding hydrogens is 362 g/mol. The second-order valence-electron chi connectivity index (χ2n) is 6.63. The van der Waals surface area contributed by atoms with Gasteiger partial charge in [-0.2, -0.15) is 0 Å². The highest BCUT2D eigenvalue weighted by Crippen LogP contribution is 2.30. The van der Waals surface area contributed by atoms with Crippen LogP contribution in [0.2, 0.25) is 0 Å². The van der Waals surface area contributed by atoms with Crippen molar-refractivity contribution >= 4 is 29.1 Å². The summed E-state index contributed by atoms with van der Waals surface area (Å²) in [5.41, 5.74) is 0.903. The Kier molecular flexibility index (Phi) is 5.21. The van der Waals surface area contributed by atoms with E-state index in [1.54, 1.807) is 12.1 Å². The molecule has 0 saturated heterocycles. The van der Waals surface area contributed by atoms with E-state index < -0.39 is 34.9 Å². The van der Waals surface area contributed by atoms with E-state index >= 15 is 0 Å². The zero-order valence-corrected chi connectivity index (χ0v) is 15.5. The van der Waals surface area contributed by atoms with Gasteiger partial charge in [0.25, 0.3) is 17.5 Å². The van der Waals surface area contributed by atoms with Gasteiger partial charge in [0.15, 0.2) is 0 Å². The zero-order chi connectivity index (χ0) is 20.4. The minimum Gasteiger partial charge on any atom is -0.325 e. The molecule has 0 fully saturated rings. The Hall–Kier alpha value is -3.55. The van der Waals surface area contributed by atoms with Crippen molar-refractivity contribution < 1.29 is 19.3 Å². The number of carbonyl (C=O) groups is 3. The number of nitrogens with one attached hydrogen (secondary N) is 1. The molecule has 1 atom stereocenters. The Bertz CT molecular complexity index is 968. The molecule has 0 spiro atoms. The zero-order valence-electron chi connectivity index (χ0n) is 15.5. The summed E-state index contributed by atoms with van der Waals surface area (Å²) in [7, 11) is 0. The average molecular weight is 381 g/mol. The van der Waals surface area contributed by atoms with Gasteiger partial charge in [-0.25, -0.2) is 0 Å². The van der Waals surface area contributed by atoms with E-state index in [4.69, 9.17) is 0 Å². The van der Waals surface area contributed by atoms with Crippen LogP contribution >= 0.6 is 0 Å². The number of carbonyl (C=O) groups excluding carboxylic acids is 3. The van der Waals surface area contributed by atoms with Gasteiger partial charge in [0.2, 0.25) is 5.91 Å². The maximum absolute atomic E-state index is 12.5. The fourth-order valence-corrected chi connectivity index (χ4v) is 3.09. The highest BCUT2D eigenvalue weighted by Gasteiger charge is 2.41. The first-order valence-corrected chi connectivity index (χ1v) is 8.86. The molecule has 0 saturated carbocycles. The van der Waals surface area contributed by atoms with Gasteiger partial charge < -0.3 is 5.32 Å². The van der Waals surface area contributed by atoms with Gasteiger partial charge in [-0.1, -0.05) is 32.0 Å². The van der Waals surface area contributed by atoms with Crippen LogP contribution in [-0.4, -0.2) is 34.1 Å². The monoisotopic (exact) mass is 381 g/mol. The molecule has 3 rings (SSSR count). The van der Waals surface area contributed by atoms with E-state index in [-0.39, 0.29) is 11.1 Å². The van der Waals surface area contributed by atoms with Crippen molar-refractivity contribution in [3.05, 3.63) is 69.3 Å². The SMILES string of the molecule is CCC(C)c1ccc(NC(=O)CN2C(=O)c3cccc([N+](=O)[O-])c3C2=O)cc1. The van der Waals surface area contributed by atoms with Gasteiger partial charge in [-0.3, -0.25) is 29.4 Å². The summed E-state index contributed by atoms with van der Waals surface area (Å²) in [5, 5.41) is 13.8. The molecule has 8 heteroatoms. The van der Waals surface area contributed by atoms with Crippen molar-refractivity contribution in [3.8, 4) is 0 Å². The first-order valence-electron chi connectivity index (χ1n) is 8.86. The summed E-state index contributed by atoms with van der Waals surface area (Å²) < 4.78 is 0. The van der Waals surface area contributed by atoms with Gasteiger partial charge in [0.05, 0.1) is 10.5 Å². The Morgan fingerprint density at radius 3 is 2.43 bits per heavy atom. The van der Waals surface area contributed by atoms with Crippen LogP contribution in [0.3, 0.4) is 0 Å². The molecule has 0 aromatic heterocycles. The summed E-state index contributed by atoms with van der Waals surface area (Å²) in [6.07, 6.45) is 0.998. The molecule has 1 N–H and O–H groups in total. The minimum atomic E-state index is -0.838. The van der Waals surface area contributed by atoms with Gasteiger partial charge in [0, 0.05) is 11.8 Å². The second-order valence-corrected chi connectivity index (χ2v) is 6.63.